The summed E-state index contributed by atoms with van der Waals surface area (Å²) >= 11 is 0. The van der Waals surface area contributed by atoms with Crippen LogP contribution in [-0.4, -0.2) is 29.6 Å². The SMILES string of the molecule is CC(=O)O.COC(C)=O.O. The van der Waals surface area contributed by atoms with Gasteiger partial charge in [0.15, 0.2) is 0 Å². The maximum absolute atomic E-state index is 9.59. The lowest BCUT2D eigenvalue weighted by Gasteiger charge is -1.80. The molecule has 0 aromatic rings. The summed E-state index contributed by atoms with van der Waals surface area (Å²) in [6, 6.07) is 0. The van der Waals surface area contributed by atoms with Gasteiger partial charge in [0.2, 0.25) is 0 Å². The Morgan fingerprint density at radius 1 is 1.30 bits per heavy atom. The quantitative estimate of drug-likeness (QED) is 0.471. The van der Waals surface area contributed by atoms with Crippen molar-refractivity contribution in [2.24, 2.45) is 0 Å². The van der Waals surface area contributed by atoms with Crippen LogP contribution in [0.3, 0.4) is 0 Å². The van der Waals surface area contributed by atoms with Crippen molar-refractivity contribution in [3.63, 3.8) is 0 Å². The summed E-state index contributed by atoms with van der Waals surface area (Å²) in [6.07, 6.45) is 0. The predicted molar refractivity (Wildman–Crippen MR) is 34.6 cm³/mol. The maximum Gasteiger partial charge on any atom is 0.302 e. The molecule has 10 heavy (non-hydrogen) atoms. The fourth-order valence-corrected chi connectivity index (χ4v) is 0. The predicted octanol–water partition coefficient (Wildman–Crippen LogP) is -0.555. The molecule has 0 aliphatic carbocycles. The van der Waals surface area contributed by atoms with E-state index < -0.39 is 5.97 Å². The normalized spacial score (nSPS) is 5.90. The van der Waals surface area contributed by atoms with E-state index in [1.165, 1.54) is 14.0 Å². The Morgan fingerprint density at radius 2 is 1.40 bits per heavy atom. The lowest BCUT2D eigenvalue weighted by Crippen LogP contribution is -1.88. The van der Waals surface area contributed by atoms with Gasteiger partial charge in [-0.2, -0.15) is 0 Å². The third kappa shape index (κ3) is 297. The number of carboxylic acids is 1. The summed E-state index contributed by atoms with van der Waals surface area (Å²) in [7, 11) is 1.35. The second-order valence-corrected chi connectivity index (χ2v) is 1.21. The zero-order chi connectivity index (χ0) is 7.86. The molecule has 0 heterocycles. The number of hydrogen-bond donors (Lipinski definition) is 1. The van der Waals surface area contributed by atoms with E-state index in [0.717, 1.165) is 6.92 Å². The average molecular weight is 152 g/mol. The molecule has 3 N–H and O–H groups in total. The minimum Gasteiger partial charge on any atom is -0.481 e. The molecule has 0 aliphatic rings. The van der Waals surface area contributed by atoms with E-state index in [4.69, 9.17) is 9.90 Å². The van der Waals surface area contributed by atoms with Crippen LogP contribution >= 0.6 is 0 Å². The minimum atomic E-state index is -0.833. The van der Waals surface area contributed by atoms with Gasteiger partial charge < -0.3 is 15.3 Å². The highest BCUT2D eigenvalue weighted by Gasteiger charge is 1.75. The lowest BCUT2D eigenvalue weighted by atomic mass is 10.8. The van der Waals surface area contributed by atoms with E-state index in [1.54, 1.807) is 0 Å². The molecule has 0 amide bonds. The van der Waals surface area contributed by atoms with Crippen LogP contribution in [0.4, 0.5) is 0 Å². The smallest absolute Gasteiger partial charge is 0.302 e. The second-order valence-electron chi connectivity index (χ2n) is 1.21. The molecule has 0 rings (SSSR count). The molecule has 0 spiro atoms. The Labute approximate surface area is 58.9 Å². The molecule has 0 unspecified atom stereocenters. The molecule has 5 heteroatoms. The van der Waals surface area contributed by atoms with E-state index in [0.29, 0.717) is 0 Å². The van der Waals surface area contributed by atoms with Crippen molar-refractivity contribution in [3.05, 3.63) is 0 Å². The number of carbonyl (C=O) groups is 2. The van der Waals surface area contributed by atoms with Gasteiger partial charge in [-0.1, -0.05) is 0 Å². The Kier molecular flexibility index (Phi) is 17.2. The second kappa shape index (κ2) is 10.8. The first-order valence-electron chi connectivity index (χ1n) is 2.24. The van der Waals surface area contributed by atoms with Crippen LogP contribution in [0.15, 0.2) is 0 Å². The average Bonchev–Trinajstić information content (AvgIpc) is 1.65. The summed E-state index contributed by atoms with van der Waals surface area (Å²) < 4.78 is 4.11. The van der Waals surface area contributed by atoms with E-state index >= 15 is 0 Å². The molecule has 0 aliphatic heterocycles. The van der Waals surface area contributed by atoms with Crippen molar-refractivity contribution in [1.29, 1.82) is 0 Å². The van der Waals surface area contributed by atoms with E-state index in [2.05, 4.69) is 4.74 Å². The number of aliphatic carboxylic acids is 1. The standard InChI is InChI=1S/C3H6O2.C2H4O2.H2O/c1-3(4)5-2;1-2(3)4;/h1-2H3;1H3,(H,3,4);1H2. The molecular formula is C5H12O5. The highest BCUT2D eigenvalue weighted by atomic mass is 16.5. The topological polar surface area (TPSA) is 95.1 Å². The fraction of sp³-hybridized carbons (Fsp3) is 0.600. The number of ether oxygens (including phenoxy) is 1. The van der Waals surface area contributed by atoms with E-state index in [1.807, 2.05) is 0 Å². The summed E-state index contributed by atoms with van der Waals surface area (Å²) in [5, 5.41) is 7.42. The van der Waals surface area contributed by atoms with Crippen LogP contribution < -0.4 is 0 Å². The van der Waals surface area contributed by atoms with Crippen LogP contribution in [0, 0.1) is 0 Å². The van der Waals surface area contributed by atoms with Crippen molar-refractivity contribution in [2.45, 2.75) is 13.8 Å². The minimum absolute atomic E-state index is 0. The zero-order valence-corrected chi connectivity index (χ0v) is 6.17. The molecular weight excluding hydrogens is 140 g/mol. The monoisotopic (exact) mass is 152 g/mol. The van der Waals surface area contributed by atoms with Crippen molar-refractivity contribution >= 4 is 11.9 Å². The van der Waals surface area contributed by atoms with Gasteiger partial charge in [0.05, 0.1) is 7.11 Å². The summed E-state index contributed by atoms with van der Waals surface area (Å²) in [6.45, 7) is 2.44. The first kappa shape index (κ1) is 16.0. The number of esters is 1. The van der Waals surface area contributed by atoms with Crippen LogP contribution in [0.2, 0.25) is 0 Å². The van der Waals surface area contributed by atoms with Crippen LogP contribution in [-0.2, 0) is 14.3 Å². The largest absolute Gasteiger partial charge is 0.481 e. The molecule has 0 aromatic carbocycles. The van der Waals surface area contributed by atoms with Gasteiger partial charge in [-0.15, -0.1) is 0 Å². The molecule has 0 atom stereocenters. The number of rotatable bonds is 0. The Morgan fingerprint density at radius 3 is 1.40 bits per heavy atom. The maximum atomic E-state index is 9.59. The van der Waals surface area contributed by atoms with Gasteiger partial charge >= 0.3 is 5.97 Å². The Balaban J connectivity index is -0.0000000910. The van der Waals surface area contributed by atoms with Gasteiger partial charge in [0.1, 0.15) is 0 Å². The highest BCUT2D eigenvalue weighted by Crippen LogP contribution is 1.60. The number of hydrogen-bond acceptors (Lipinski definition) is 3. The van der Waals surface area contributed by atoms with Gasteiger partial charge in [0, 0.05) is 13.8 Å². The van der Waals surface area contributed by atoms with Crippen molar-refractivity contribution in [2.75, 3.05) is 7.11 Å². The first-order valence-corrected chi connectivity index (χ1v) is 2.24. The molecule has 0 bridgehead atoms. The number of carboxylic acid groups (broad SMARTS) is 1. The summed E-state index contributed by atoms with van der Waals surface area (Å²) in [5.41, 5.74) is 0. The van der Waals surface area contributed by atoms with Crippen LogP contribution in [0.5, 0.6) is 0 Å². The third-order valence-corrected chi connectivity index (χ3v) is 0.287. The molecule has 0 radical (unpaired) electrons. The first-order chi connectivity index (χ1) is 4.00. The molecule has 0 saturated carbocycles. The van der Waals surface area contributed by atoms with Crippen LogP contribution in [0.1, 0.15) is 13.8 Å². The number of methoxy groups -OCH3 is 1. The Hall–Kier alpha value is -1.10. The van der Waals surface area contributed by atoms with Gasteiger partial charge in [-0.05, 0) is 0 Å². The van der Waals surface area contributed by atoms with Gasteiger partial charge in [0.25, 0.3) is 5.97 Å². The fourth-order valence-electron chi connectivity index (χ4n) is 0. The lowest BCUT2D eigenvalue weighted by molar-refractivity contribution is -0.138. The van der Waals surface area contributed by atoms with Gasteiger partial charge in [-0.3, -0.25) is 9.59 Å². The van der Waals surface area contributed by atoms with E-state index in [9.17, 15) is 4.79 Å². The van der Waals surface area contributed by atoms with Gasteiger partial charge in [-0.25, -0.2) is 0 Å². The van der Waals surface area contributed by atoms with Crippen LogP contribution in [0.25, 0.3) is 0 Å². The highest BCUT2D eigenvalue weighted by molar-refractivity contribution is 5.65. The Bertz CT molecular complexity index is 94.2. The van der Waals surface area contributed by atoms with Crippen molar-refractivity contribution < 1.29 is 24.9 Å². The van der Waals surface area contributed by atoms with Crippen molar-refractivity contribution in [3.8, 4) is 0 Å². The summed E-state index contributed by atoms with van der Waals surface area (Å²) in [4.78, 5) is 18.6. The molecule has 0 aromatic heterocycles. The molecule has 0 fully saturated rings. The van der Waals surface area contributed by atoms with E-state index in [-0.39, 0.29) is 11.4 Å². The summed E-state index contributed by atoms with van der Waals surface area (Å²) in [5.74, 6) is -1.08. The van der Waals surface area contributed by atoms with Crippen molar-refractivity contribution in [1.82, 2.24) is 0 Å². The molecule has 62 valence electrons. The number of carbonyl (C=O) groups excluding carboxylic acids is 1. The zero-order valence-electron chi connectivity index (χ0n) is 6.17. The molecule has 0 saturated heterocycles. The third-order valence-electron chi connectivity index (χ3n) is 0.287. The molecule has 5 nitrogen and oxygen atoms in total.